The van der Waals surface area contributed by atoms with Crippen LogP contribution in [0, 0.1) is 5.41 Å². The second-order valence-electron chi connectivity index (χ2n) is 24.0. The zero-order valence-electron chi connectivity index (χ0n) is 50.7. The molecule has 5 N–H and O–H groups in total. The number of thioether (sulfide) groups is 1. The van der Waals surface area contributed by atoms with E-state index in [9.17, 15) is 58.8 Å². The number of allylic oxidation sites excluding steroid dienone is 1. The van der Waals surface area contributed by atoms with Gasteiger partial charge in [-0.15, -0.1) is 11.8 Å². The number of piperazine rings is 1. The van der Waals surface area contributed by atoms with Crippen molar-refractivity contribution in [2.75, 3.05) is 99.9 Å². The normalized spacial score (nSPS) is 19.8. The number of carbonyl (C=O) groups excluding carboxylic acids is 6. The fourth-order valence-electron chi connectivity index (χ4n) is 12.2. The van der Waals surface area contributed by atoms with E-state index < -0.39 is 82.5 Å². The molecule has 5 aliphatic rings. The number of nitrogens with zero attached hydrogens (tertiary/aromatic N) is 4. The first-order valence-corrected chi connectivity index (χ1v) is 34.9. The van der Waals surface area contributed by atoms with Crippen molar-refractivity contribution in [1.29, 1.82) is 0 Å². The molecule has 27 heteroatoms. The number of carbonyl (C=O) groups is 6. The summed E-state index contributed by atoms with van der Waals surface area (Å²) in [6, 6.07) is 29.0. The van der Waals surface area contributed by atoms with Gasteiger partial charge in [0.25, 0.3) is 37.6 Å². The Morgan fingerprint density at radius 2 is 1.54 bits per heavy atom. The van der Waals surface area contributed by atoms with Crippen molar-refractivity contribution in [3.8, 4) is 0 Å². The summed E-state index contributed by atoms with van der Waals surface area (Å²) in [5.74, 6) is -3.13. The molecule has 2 unspecified atom stereocenters. The summed E-state index contributed by atoms with van der Waals surface area (Å²) in [5.41, 5.74) is -1.36. The molecule has 92 heavy (non-hydrogen) atoms. The zero-order valence-corrected chi connectivity index (χ0v) is 53.9. The molecular formula is C65H73ClF3N9O11S3. The van der Waals surface area contributed by atoms with E-state index in [4.69, 9.17) is 16.3 Å². The predicted molar refractivity (Wildman–Crippen MR) is 345 cm³/mol. The lowest BCUT2D eigenvalue weighted by Crippen LogP contribution is -2.54. The maximum Gasteiger partial charge on any atom is 0.501 e. The van der Waals surface area contributed by atoms with Crippen LogP contribution >= 0.6 is 23.4 Å². The topological polar surface area (TPSA) is 253 Å². The fourth-order valence-corrected chi connectivity index (χ4v) is 15.4. The molecule has 5 aromatic carbocycles. The number of imide groups is 2. The summed E-state index contributed by atoms with van der Waals surface area (Å²) >= 11 is 7.75. The number of sulfonamides is 1. The number of amides is 6. The van der Waals surface area contributed by atoms with Crippen LogP contribution in [0.15, 0.2) is 136 Å². The highest BCUT2D eigenvalue weighted by atomic mass is 35.5. The number of piperidine rings is 1. The Labute approximate surface area is 542 Å². The average molecular weight is 1340 g/mol. The summed E-state index contributed by atoms with van der Waals surface area (Å²) in [4.78, 5) is 84.3. The molecule has 4 aliphatic heterocycles. The Bertz CT molecular complexity index is 3830. The van der Waals surface area contributed by atoms with Gasteiger partial charge in [0.05, 0.1) is 34.9 Å². The SMILES string of the molecule is CC1(CNC(=O)CCCCNc2cccc3c2C(=O)N(C2CCC(=O)NC2=O)C3=O)CCC(c2ccc(Cl)cc2)=C(CN2CCN(c3ccc(C(=O)NS(=O)(=O)c4ccc(N[C@H](CCN5CCOCC5)CSc5ccccc5)c(S(=O)(=O)C(F)(F)F)c4)cc3)CC2)C1. The molecule has 0 aromatic heterocycles. The number of ether oxygens (including phenoxy) is 1. The van der Waals surface area contributed by atoms with Gasteiger partial charge in [0.2, 0.25) is 17.7 Å². The first-order chi connectivity index (χ1) is 43.9. The number of morpholine rings is 1. The molecule has 3 saturated heterocycles. The van der Waals surface area contributed by atoms with Crippen LogP contribution < -0.4 is 30.9 Å². The van der Waals surface area contributed by atoms with Gasteiger partial charge in [-0.3, -0.25) is 48.8 Å². The lowest BCUT2D eigenvalue weighted by atomic mass is 9.71. The van der Waals surface area contributed by atoms with Crippen LogP contribution in [-0.4, -0.2) is 169 Å². The first-order valence-electron chi connectivity index (χ1n) is 30.6. The predicted octanol–water partition coefficient (Wildman–Crippen LogP) is 8.61. The Morgan fingerprint density at radius 3 is 2.25 bits per heavy atom. The van der Waals surface area contributed by atoms with E-state index in [1.807, 2.05) is 59.3 Å². The van der Waals surface area contributed by atoms with E-state index >= 15 is 0 Å². The van der Waals surface area contributed by atoms with Crippen LogP contribution in [0.4, 0.5) is 30.2 Å². The van der Waals surface area contributed by atoms with E-state index in [1.54, 1.807) is 24.3 Å². The van der Waals surface area contributed by atoms with Crippen LogP contribution in [0.5, 0.6) is 0 Å². The standard InChI is InChI=1S/C65H73ClF3N9O11S3/c1-64(42-71-57(79)12-5-6-28-70-54-11-7-10-52-59(54)63(84)78(62(52)83)55-23-24-58(80)73-61(55)82)27-25-51(43-13-17-46(66)18-14-43)45(39-64)40-76-30-32-77(33-31-76)48-19-15-44(16-20-48)60(81)74-92(87,88)50-21-22-53(56(38-50)91(85,86)65(67,68)69)72-47(26-29-75-34-36-89-37-35-75)41-90-49-8-3-2-4-9-49/h2-4,7-11,13-22,38,47,55,70,72H,5-6,12,23-37,39-42H2,1H3,(H,71,79)(H,74,81)(H,73,80,82)/t47-,55?,64?/m1/s1. The van der Waals surface area contributed by atoms with Gasteiger partial charge in [-0.25, -0.2) is 21.6 Å². The van der Waals surface area contributed by atoms with Crippen molar-refractivity contribution in [3.63, 3.8) is 0 Å². The van der Waals surface area contributed by atoms with Gasteiger partial charge < -0.3 is 25.6 Å². The van der Waals surface area contributed by atoms with Crippen LogP contribution in [0.3, 0.4) is 0 Å². The van der Waals surface area contributed by atoms with Crippen molar-refractivity contribution in [1.82, 2.24) is 30.1 Å². The van der Waals surface area contributed by atoms with Crippen molar-refractivity contribution in [2.24, 2.45) is 5.41 Å². The second-order valence-corrected chi connectivity index (χ2v) is 29.1. The van der Waals surface area contributed by atoms with E-state index in [-0.39, 0.29) is 47.3 Å². The highest BCUT2D eigenvalue weighted by Crippen LogP contribution is 2.44. The number of nitrogens with one attached hydrogen (secondary N) is 5. The maximum atomic E-state index is 14.3. The lowest BCUT2D eigenvalue weighted by molar-refractivity contribution is -0.136. The van der Waals surface area contributed by atoms with Gasteiger partial charge >= 0.3 is 5.51 Å². The maximum absolute atomic E-state index is 14.3. The number of hydrogen-bond donors (Lipinski definition) is 5. The number of hydrogen-bond acceptors (Lipinski definition) is 17. The number of unbranched alkanes of at least 4 members (excludes halogenated alkanes) is 1. The minimum atomic E-state index is -6.11. The molecule has 6 amide bonds. The van der Waals surface area contributed by atoms with Crippen molar-refractivity contribution < 1.29 is 63.5 Å². The number of rotatable bonds is 25. The summed E-state index contributed by atoms with van der Waals surface area (Å²) in [5, 5.41) is 12.3. The molecule has 0 radical (unpaired) electrons. The van der Waals surface area contributed by atoms with Gasteiger partial charge in [-0.05, 0) is 140 Å². The molecule has 3 atom stereocenters. The Morgan fingerprint density at radius 1 is 0.815 bits per heavy atom. The summed E-state index contributed by atoms with van der Waals surface area (Å²) in [6.45, 7) is 9.26. The number of halogens is 4. The largest absolute Gasteiger partial charge is 0.501 e. The molecule has 1 aliphatic carbocycles. The molecule has 10 rings (SSSR count). The highest BCUT2D eigenvalue weighted by Gasteiger charge is 2.49. The molecule has 20 nitrogen and oxygen atoms in total. The van der Waals surface area contributed by atoms with Crippen LogP contribution in [0.25, 0.3) is 5.57 Å². The van der Waals surface area contributed by atoms with Gasteiger partial charge in [-0.2, -0.15) is 13.2 Å². The van der Waals surface area contributed by atoms with Crippen molar-refractivity contribution in [2.45, 2.75) is 97.0 Å². The molecule has 0 spiro atoms. The molecule has 4 heterocycles. The quantitative estimate of drug-likeness (QED) is 0.0208. The zero-order chi connectivity index (χ0) is 65.4. The monoisotopic (exact) mass is 1340 g/mol. The molecule has 490 valence electrons. The number of anilines is 3. The summed E-state index contributed by atoms with van der Waals surface area (Å²) in [6.07, 6.45) is 4.28. The fraction of sp³-hybridized carbons (Fsp3) is 0.415. The minimum absolute atomic E-state index is 0.0207. The highest BCUT2D eigenvalue weighted by molar-refractivity contribution is 7.99. The Kier molecular flexibility index (Phi) is 21.5. The van der Waals surface area contributed by atoms with Gasteiger partial charge in [-0.1, -0.05) is 60.5 Å². The van der Waals surface area contributed by atoms with Gasteiger partial charge in [0, 0.05) is 117 Å². The van der Waals surface area contributed by atoms with Gasteiger partial charge in [0.1, 0.15) is 10.9 Å². The van der Waals surface area contributed by atoms with Crippen LogP contribution in [0.1, 0.15) is 101 Å². The van der Waals surface area contributed by atoms with E-state index in [2.05, 4.69) is 42.9 Å². The third-order valence-electron chi connectivity index (χ3n) is 17.4. The van der Waals surface area contributed by atoms with E-state index in [0.717, 1.165) is 52.4 Å². The first kappa shape index (κ1) is 67.6. The summed E-state index contributed by atoms with van der Waals surface area (Å²) in [7, 11) is -11.0. The molecule has 3 fully saturated rings. The number of sulfone groups is 1. The number of benzene rings is 5. The molecule has 5 aromatic rings. The Hall–Kier alpha value is -7.33. The van der Waals surface area contributed by atoms with Crippen LogP contribution in [0.2, 0.25) is 5.02 Å². The summed E-state index contributed by atoms with van der Waals surface area (Å²) < 4.78 is 104. The molecular weight excluding hydrogens is 1270 g/mol. The smallest absolute Gasteiger partial charge is 0.384 e. The van der Waals surface area contributed by atoms with Gasteiger partial charge in [0.15, 0.2) is 0 Å². The number of fused-ring (bicyclic) bond motifs is 1. The van der Waals surface area contributed by atoms with Crippen LogP contribution in [-0.2, 0) is 39.0 Å². The molecule has 0 bridgehead atoms. The third-order valence-corrected chi connectivity index (χ3v) is 21.7. The van der Waals surface area contributed by atoms with E-state index in [1.165, 1.54) is 41.1 Å². The average Bonchev–Trinajstić information content (AvgIpc) is 1.43. The lowest BCUT2D eigenvalue weighted by Gasteiger charge is -2.41. The second kappa shape index (κ2) is 29.3. The Balaban J connectivity index is 0.721. The number of alkyl halides is 3. The van der Waals surface area contributed by atoms with Crippen molar-refractivity contribution >= 4 is 101 Å². The third kappa shape index (κ3) is 16.3. The minimum Gasteiger partial charge on any atom is -0.384 e. The van der Waals surface area contributed by atoms with E-state index in [0.29, 0.717) is 120 Å². The molecule has 0 saturated carbocycles. The van der Waals surface area contributed by atoms with Crippen molar-refractivity contribution in [3.05, 3.63) is 148 Å².